The predicted octanol–water partition coefficient (Wildman–Crippen LogP) is 3.44. The summed E-state index contributed by atoms with van der Waals surface area (Å²) in [6.07, 6.45) is 4.26. The molecule has 1 unspecified atom stereocenters. The molecule has 1 atom stereocenters. The van der Waals surface area contributed by atoms with Gasteiger partial charge in [-0.1, -0.05) is 20.8 Å². The molecule has 0 aliphatic heterocycles. The molecule has 1 aromatic heterocycles. The minimum atomic E-state index is 0. The van der Waals surface area contributed by atoms with Gasteiger partial charge in [0.25, 0.3) is 0 Å². The number of ether oxygens (including phenoxy) is 1. The van der Waals surface area contributed by atoms with Crippen molar-refractivity contribution < 1.29 is 4.74 Å². The summed E-state index contributed by atoms with van der Waals surface area (Å²) >= 11 is 1.75. The van der Waals surface area contributed by atoms with Gasteiger partial charge in [0.05, 0.1) is 12.6 Å². The van der Waals surface area contributed by atoms with Crippen molar-refractivity contribution in [2.24, 2.45) is 10.9 Å². The van der Waals surface area contributed by atoms with Gasteiger partial charge in [-0.15, -0.1) is 35.3 Å². The molecule has 0 bridgehead atoms. The number of halogens is 1. The summed E-state index contributed by atoms with van der Waals surface area (Å²) in [6.45, 7) is 10.9. The third-order valence-corrected chi connectivity index (χ3v) is 4.57. The van der Waals surface area contributed by atoms with Gasteiger partial charge >= 0.3 is 0 Å². The van der Waals surface area contributed by atoms with Crippen molar-refractivity contribution in [3.8, 4) is 0 Å². The van der Waals surface area contributed by atoms with Crippen molar-refractivity contribution in [1.82, 2.24) is 15.6 Å². The zero-order chi connectivity index (χ0) is 16.4. The van der Waals surface area contributed by atoms with Crippen molar-refractivity contribution in [2.45, 2.75) is 53.2 Å². The summed E-state index contributed by atoms with van der Waals surface area (Å²) < 4.78 is 5.75. The largest absolute Gasteiger partial charge is 0.378 e. The summed E-state index contributed by atoms with van der Waals surface area (Å²) in [5.41, 5.74) is 0. The molecular formula is C16H31IN4OS. The highest BCUT2D eigenvalue weighted by molar-refractivity contribution is 14.0. The molecule has 5 nitrogen and oxygen atoms in total. The van der Waals surface area contributed by atoms with Gasteiger partial charge in [0.1, 0.15) is 5.01 Å². The van der Waals surface area contributed by atoms with Crippen LogP contribution in [0.4, 0.5) is 0 Å². The lowest BCUT2D eigenvalue weighted by Crippen LogP contribution is -2.38. The van der Waals surface area contributed by atoms with E-state index in [0.29, 0.717) is 18.6 Å². The molecule has 0 aliphatic carbocycles. The first-order chi connectivity index (χ1) is 10.6. The van der Waals surface area contributed by atoms with Gasteiger partial charge in [0.15, 0.2) is 5.96 Å². The molecule has 0 aromatic carbocycles. The first kappa shape index (κ1) is 22.6. The molecule has 0 saturated carbocycles. The number of aliphatic imine (C=N–C) groups is 1. The molecule has 7 heteroatoms. The fraction of sp³-hybridized carbons (Fsp3) is 0.750. The van der Waals surface area contributed by atoms with Crippen LogP contribution < -0.4 is 10.6 Å². The number of hydrogen-bond donors (Lipinski definition) is 2. The average molecular weight is 454 g/mol. The van der Waals surface area contributed by atoms with E-state index in [9.17, 15) is 0 Å². The Kier molecular flexibility index (Phi) is 12.7. The predicted molar refractivity (Wildman–Crippen MR) is 110 cm³/mol. The van der Waals surface area contributed by atoms with Crippen LogP contribution in [0.3, 0.4) is 0 Å². The standard InChI is InChI=1S/C16H30N4OS.HI/c1-6-13-10-19-15(22-13)11-20-16(17-5)18-9-8-14(12(3)4)21-7-2;/h10,12,14H,6-9,11H2,1-5H3,(H2,17,18,20);1H. The molecule has 1 rings (SSSR count). The average Bonchev–Trinajstić information content (AvgIpc) is 2.97. The number of aromatic nitrogens is 1. The van der Waals surface area contributed by atoms with Gasteiger partial charge in [-0.05, 0) is 25.7 Å². The van der Waals surface area contributed by atoms with E-state index < -0.39 is 0 Å². The van der Waals surface area contributed by atoms with E-state index in [1.165, 1.54) is 4.88 Å². The Hall–Kier alpha value is -0.410. The Labute approximate surface area is 161 Å². The van der Waals surface area contributed by atoms with Crippen molar-refractivity contribution in [2.75, 3.05) is 20.2 Å². The summed E-state index contributed by atoms with van der Waals surface area (Å²) in [6, 6.07) is 0. The van der Waals surface area contributed by atoms with Crippen LogP contribution in [0.1, 0.15) is 44.0 Å². The minimum Gasteiger partial charge on any atom is -0.378 e. The maximum absolute atomic E-state index is 5.75. The molecule has 0 aliphatic rings. The number of nitrogens with one attached hydrogen (secondary N) is 2. The molecule has 0 amide bonds. The normalized spacial score (nSPS) is 12.9. The quantitative estimate of drug-likeness (QED) is 0.341. The van der Waals surface area contributed by atoms with Crippen LogP contribution in [0, 0.1) is 5.92 Å². The molecule has 134 valence electrons. The maximum Gasteiger partial charge on any atom is 0.191 e. The summed E-state index contributed by atoms with van der Waals surface area (Å²) in [5, 5.41) is 7.74. The number of rotatable bonds is 9. The molecule has 0 radical (unpaired) electrons. The topological polar surface area (TPSA) is 58.5 Å². The lowest BCUT2D eigenvalue weighted by Gasteiger charge is -2.21. The van der Waals surface area contributed by atoms with Crippen molar-refractivity contribution in [1.29, 1.82) is 0 Å². The highest BCUT2D eigenvalue weighted by Crippen LogP contribution is 2.13. The second-order valence-electron chi connectivity index (χ2n) is 5.45. The van der Waals surface area contributed by atoms with Gasteiger partial charge in [-0.2, -0.15) is 0 Å². The van der Waals surface area contributed by atoms with Crippen LogP contribution in [0.15, 0.2) is 11.2 Å². The Morgan fingerprint density at radius 2 is 2.09 bits per heavy atom. The zero-order valence-electron chi connectivity index (χ0n) is 14.9. The Morgan fingerprint density at radius 1 is 1.35 bits per heavy atom. The highest BCUT2D eigenvalue weighted by atomic mass is 127. The molecule has 1 heterocycles. The summed E-state index contributed by atoms with van der Waals surface area (Å²) in [7, 11) is 1.79. The number of aryl methyl sites for hydroxylation is 1. The molecule has 0 spiro atoms. The fourth-order valence-electron chi connectivity index (χ4n) is 2.13. The van der Waals surface area contributed by atoms with Crippen molar-refractivity contribution >= 4 is 41.3 Å². The second-order valence-corrected chi connectivity index (χ2v) is 6.65. The van der Waals surface area contributed by atoms with E-state index in [1.54, 1.807) is 18.4 Å². The lowest BCUT2D eigenvalue weighted by atomic mass is 10.0. The molecule has 2 N–H and O–H groups in total. The first-order valence-electron chi connectivity index (χ1n) is 8.10. The van der Waals surface area contributed by atoms with Crippen LogP contribution >= 0.6 is 35.3 Å². The van der Waals surface area contributed by atoms with E-state index in [-0.39, 0.29) is 24.0 Å². The highest BCUT2D eigenvalue weighted by Gasteiger charge is 2.13. The number of hydrogen-bond acceptors (Lipinski definition) is 4. The zero-order valence-corrected chi connectivity index (χ0v) is 18.0. The molecule has 1 aromatic rings. The Balaban J connectivity index is 0.00000484. The van der Waals surface area contributed by atoms with Crippen LogP contribution in [0.5, 0.6) is 0 Å². The van der Waals surface area contributed by atoms with Crippen LogP contribution in [0.25, 0.3) is 0 Å². The Morgan fingerprint density at radius 3 is 2.61 bits per heavy atom. The van der Waals surface area contributed by atoms with Gasteiger partial charge in [-0.3, -0.25) is 4.99 Å². The van der Waals surface area contributed by atoms with Crippen molar-refractivity contribution in [3.05, 3.63) is 16.1 Å². The fourth-order valence-corrected chi connectivity index (χ4v) is 2.93. The molecule has 23 heavy (non-hydrogen) atoms. The van der Waals surface area contributed by atoms with Crippen molar-refractivity contribution in [3.63, 3.8) is 0 Å². The van der Waals surface area contributed by atoms with E-state index in [1.807, 2.05) is 13.1 Å². The van der Waals surface area contributed by atoms with E-state index in [2.05, 4.69) is 41.4 Å². The third kappa shape index (κ3) is 8.85. The van der Waals surface area contributed by atoms with E-state index in [4.69, 9.17) is 4.74 Å². The smallest absolute Gasteiger partial charge is 0.191 e. The van der Waals surface area contributed by atoms with Gasteiger partial charge < -0.3 is 15.4 Å². The first-order valence-corrected chi connectivity index (χ1v) is 8.92. The number of nitrogens with zero attached hydrogens (tertiary/aromatic N) is 2. The molecule has 0 fully saturated rings. The number of thiazole rings is 1. The minimum absolute atomic E-state index is 0. The SMILES string of the molecule is CCOC(CCNC(=NC)NCc1ncc(CC)s1)C(C)C.I. The van der Waals surface area contributed by atoms with Crippen LogP contribution in [-0.4, -0.2) is 37.2 Å². The third-order valence-electron chi connectivity index (χ3n) is 3.43. The maximum atomic E-state index is 5.75. The second kappa shape index (κ2) is 12.9. The van der Waals surface area contributed by atoms with Gasteiger partial charge in [0, 0.05) is 31.3 Å². The van der Waals surface area contributed by atoms with Gasteiger partial charge in [-0.25, -0.2) is 4.98 Å². The monoisotopic (exact) mass is 454 g/mol. The Bertz CT molecular complexity index is 451. The summed E-state index contributed by atoms with van der Waals surface area (Å²) in [5.74, 6) is 1.34. The summed E-state index contributed by atoms with van der Waals surface area (Å²) in [4.78, 5) is 9.97. The van der Waals surface area contributed by atoms with Crippen LogP contribution in [-0.2, 0) is 17.7 Å². The van der Waals surface area contributed by atoms with E-state index >= 15 is 0 Å². The van der Waals surface area contributed by atoms with Crippen LogP contribution in [0.2, 0.25) is 0 Å². The van der Waals surface area contributed by atoms with E-state index in [0.717, 1.165) is 37.0 Å². The van der Waals surface area contributed by atoms with Gasteiger partial charge in [0.2, 0.25) is 0 Å². The lowest BCUT2D eigenvalue weighted by molar-refractivity contribution is 0.0258. The number of guanidine groups is 1. The molecular weight excluding hydrogens is 423 g/mol. The molecule has 0 saturated heterocycles.